The molecule has 1 aromatic heterocycles. The molecule has 5 N–H and O–H groups in total. The number of hydrogen-bond donors (Lipinski definition) is 3. The van der Waals surface area contributed by atoms with E-state index in [-0.39, 0.29) is 12.6 Å². The van der Waals surface area contributed by atoms with Crippen molar-refractivity contribution in [2.75, 3.05) is 12.3 Å². The molecule has 5 heteroatoms. The topological polar surface area (TPSA) is 85.2 Å². The number of halogens is 1. The van der Waals surface area contributed by atoms with Gasteiger partial charge < -0.3 is 16.6 Å². The third-order valence-corrected chi connectivity index (χ3v) is 2.41. The van der Waals surface area contributed by atoms with Gasteiger partial charge in [-0.2, -0.15) is 0 Å². The van der Waals surface area contributed by atoms with Crippen molar-refractivity contribution in [1.82, 2.24) is 4.98 Å². The average Bonchev–Trinajstić information content (AvgIpc) is 2.09. The third kappa shape index (κ3) is 2.65. The van der Waals surface area contributed by atoms with E-state index in [9.17, 15) is 0 Å². The zero-order chi connectivity index (χ0) is 9.84. The maximum Gasteiger partial charge on any atom is 0.123 e. The fourth-order valence-electron chi connectivity index (χ4n) is 1.05. The van der Waals surface area contributed by atoms with Crippen LogP contribution in [-0.4, -0.2) is 16.7 Å². The van der Waals surface area contributed by atoms with Crippen LogP contribution in [-0.2, 0) is 0 Å². The lowest BCUT2D eigenvalue weighted by Gasteiger charge is -2.12. The second-order valence-corrected chi connectivity index (χ2v) is 3.60. The first kappa shape index (κ1) is 10.4. The summed E-state index contributed by atoms with van der Waals surface area (Å²) < 4.78 is 0.822. The molecule has 0 saturated carbocycles. The summed E-state index contributed by atoms with van der Waals surface area (Å²) in [7, 11) is 0. The van der Waals surface area contributed by atoms with Crippen LogP contribution in [0.15, 0.2) is 16.7 Å². The minimum Gasteiger partial charge on any atom is -0.396 e. The summed E-state index contributed by atoms with van der Waals surface area (Å²) in [5, 5.41) is 8.72. The van der Waals surface area contributed by atoms with Crippen LogP contribution in [0.1, 0.15) is 18.0 Å². The van der Waals surface area contributed by atoms with Crippen LogP contribution in [0.5, 0.6) is 0 Å². The Bertz CT molecular complexity index is 293. The lowest BCUT2D eigenvalue weighted by molar-refractivity contribution is 0.276. The van der Waals surface area contributed by atoms with Gasteiger partial charge in [-0.05, 0) is 34.0 Å². The summed E-state index contributed by atoms with van der Waals surface area (Å²) in [5.41, 5.74) is 12.2. The van der Waals surface area contributed by atoms with E-state index in [1.54, 1.807) is 12.3 Å². The lowest BCUT2D eigenvalue weighted by Crippen LogP contribution is -2.13. The first-order valence-electron chi connectivity index (χ1n) is 3.92. The zero-order valence-corrected chi connectivity index (χ0v) is 8.66. The van der Waals surface area contributed by atoms with Crippen molar-refractivity contribution in [1.29, 1.82) is 0 Å². The van der Waals surface area contributed by atoms with Crippen molar-refractivity contribution in [3.8, 4) is 0 Å². The largest absolute Gasteiger partial charge is 0.396 e. The first-order chi connectivity index (χ1) is 6.15. The highest BCUT2D eigenvalue weighted by atomic mass is 79.9. The van der Waals surface area contributed by atoms with E-state index in [1.165, 1.54) is 0 Å². The first-order valence-corrected chi connectivity index (χ1v) is 4.71. The van der Waals surface area contributed by atoms with Crippen molar-refractivity contribution in [2.45, 2.75) is 12.5 Å². The van der Waals surface area contributed by atoms with Crippen LogP contribution < -0.4 is 11.5 Å². The highest BCUT2D eigenvalue weighted by molar-refractivity contribution is 9.10. The van der Waals surface area contributed by atoms with Crippen LogP contribution in [0.25, 0.3) is 0 Å². The number of aliphatic hydroxyl groups is 1. The number of nitrogens with two attached hydrogens (primary N) is 2. The van der Waals surface area contributed by atoms with Crippen LogP contribution in [0.3, 0.4) is 0 Å². The van der Waals surface area contributed by atoms with E-state index in [1.807, 2.05) is 0 Å². The molecule has 0 aliphatic rings. The third-order valence-electron chi connectivity index (χ3n) is 1.75. The number of nitrogens with zero attached hydrogens (tertiary/aromatic N) is 1. The molecule has 0 spiro atoms. The van der Waals surface area contributed by atoms with Crippen molar-refractivity contribution in [2.24, 2.45) is 5.73 Å². The van der Waals surface area contributed by atoms with E-state index in [0.29, 0.717) is 12.2 Å². The Balaban J connectivity index is 2.91. The fourth-order valence-corrected chi connectivity index (χ4v) is 1.56. The van der Waals surface area contributed by atoms with Crippen LogP contribution in [0.2, 0.25) is 0 Å². The molecule has 1 aromatic rings. The predicted octanol–water partition coefficient (Wildman–Crippen LogP) is 0.809. The Morgan fingerprint density at radius 2 is 2.31 bits per heavy atom. The van der Waals surface area contributed by atoms with Crippen LogP contribution in [0.4, 0.5) is 5.82 Å². The van der Waals surface area contributed by atoms with E-state index < -0.39 is 0 Å². The van der Waals surface area contributed by atoms with Gasteiger partial charge in [0.25, 0.3) is 0 Å². The number of aromatic nitrogens is 1. The molecule has 13 heavy (non-hydrogen) atoms. The van der Waals surface area contributed by atoms with Gasteiger partial charge in [0.15, 0.2) is 0 Å². The van der Waals surface area contributed by atoms with Gasteiger partial charge in [0.05, 0.1) is 0 Å². The molecule has 0 unspecified atom stereocenters. The highest BCUT2D eigenvalue weighted by Crippen LogP contribution is 2.24. The summed E-state index contributed by atoms with van der Waals surface area (Å²) in [4.78, 5) is 3.89. The summed E-state index contributed by atoms with van der Waals surface area (Å²) in [6.07, 6.45) is 2.13. The molecule has 0 amide bonds. The van der Waals surface area contributed by atoms with Gasteiger partial charge in [0.2, 0.25) is 0 Å². The van der Waals surface area contributed by atoms with Gasteiger partial charge in [-0.1, -0.05) is 0 Å². The molecule has 1 rings (SSSR count). The van der Waals surface area contributed by atoms with Gasteiger partial charge in [0.1, 0.15) is 5.82 Å². The van der Waals surface area contributed by atoms with Crippen molar-refractivity contribution in [3.63, 3.8) is 0 Å². The number of hydrogen-bond acceptors (Lipinski definition) is 4. The second kappa shape index (κ2) is 4.55. The van der Waals surface area contributed by atoms with Crippen molar-refractivity contribution < 1.29 is 5.11 Å². The molecule has 0 saturated heterocycles. The molecule has 1 atom stereocenters. The number of anilines is 1. The average molecular weight is 246 g/mol. The number of nitrogen functional groups attached to an aromatic ring is 1. The molecule has 0 aliphatic carbocycles. The molecule has 0 fully saturated rings. The quantitative estimate of drug-likeness (QED) is 0.736. The summed E-state index contributed by atoms with van der Waals surface area (Å²) in [6, 6.07) is 1.51. The maximum atomic E-state index is 8.72. The molecular weight excluding hydrogens is 234 g/mol. The fraction of sp³-hybridized carbons (Fsp3) is 0.375. The van der Waals surface area contributed by atoms with E-state index >= 15 is 0 Å². The van der Waals surface area contributed by atoms with E-state index in [4.69, 9.17) is 16.6 Å². The monoisotopic (exact) mass is 245 g/mol. The zero-order valence-electron chi connectivity index (χ0n) is 7.07. The Labute approximate surface area is 85.1 Å². The Kier molecular flexibility index (Phi) is 3.65. The molecular formula is C8H12BrN3O. The van der Waals surface area contributed by atoms with E-state index in [0.717, 1.165) is 10.0 Å². The van der Waals surface area contributed by atoms with Crippen molar-refractivity contribution in [3.05, 3.63) is 22.3 Å². The Morgan fingerprint density at radius 1 is 1.62 bits per heavy atom. The molecule has 72 valence electrons. The van der Waals surface area contributed by atoms with Crippen molar-refractivity contribution >= 4 is 21.7 Å². The highest BCUT2D eigenvalue weighted by Gasteiger charge is 2.09. The Morgan fingerprint density at radius 3 is 2.92 bits per heavy atom. The second-order valence-electron chi connectivity index (χ2n) is 2.75. The lowest BCUT2D eigenvalue weighted by atomic mass is 10.1. The standard InChI is InChI=1S/C8H12BrN3O/c9-6-4-12-8(11)3-5(6)7(10)1-2-13/h3-4,7,13H,1-2,10H2,(H2,11,12)/t7-/m0/s1. The maximum absolute atomic E-state index is 8.72. The van der Waals surface area contributed by atoms with E-state index in [2.05, 4.69) is 20.9 Å². The minimum atomic E-state index is -0.204. The minimum absolute atomic E-state index is 0.0653. The SMILES string of the molecule is Nc1cc([C@@H](N)CCO)c(Br)cn1. The van der Waals surface area contributed by atoms with Gasteiger partial charge in [-0.15, -0.1) is 0 Å². The molecule has 0 radical (unpaired) electrons. The molecule has 4 nitrogen and oxygen atoms in total. The smallest absolute Gasteiger partial charge is 0.123 e. The van der Waals surface area contributed by atoms with Gasteiger partial charge >= 0.3 is 0 Å². The summed E-state index contributed by atoms with van der Waals surface area (Å²) in [5.74, 6) is 0.437. The van der Waals surface area contributed by atoms with Crippen LogP contribution >= 0.6 is 15.9 Å². The van der Waals surface area contributed by atoms with Gasteiger partial charge in [-0.3, -0.25) is 0 Å². The number of pyridine rings is 1. The van der Waals surface area contributed by atoms with Gasteiger partial charge in [-0.25, -0.2) is 4.98 Å². The number of rotatable bonds is 3. The number of aliphatic hydroxyl groups excluding tert-OH is 1. The van der Waals surface area contributed by atoms with Crippen LogP contribution in [0, 0.1) is 0 Å². The van der Waals surface area contributed by atoms with Gasteiger partial charge in [0, 0.05) is 23.3 Å². The normalized spacial score (nSPS) is 12.8. The Hall–Kier alpha value is -0.650. The molecule has 0 aromatic carbocycles. The predicted molar refractivity (Wildman–Crippen MR) is 55.0 cm³/mol. The summed E-state index contributed by atoms with van der Waals surface area (Å²) in [6.45, 7) is 0.0653. The molecule has 0 aliphatic heterocycles. The molecule has 1 heterocycles. The summed E-state index contributed by atoms with van der Waals surface area (Å²) >= 11 is 3.32. The molecule has 0 bridgehead atoms.